The number of phenols is 1. The van der Waals surface area contributed by atoms with Gasteiger partial charge in [-0.1, -0.05) is 5.16 Å². The average Bonchev–Trinajstić information content (AvgIpc) is 2.94. The third-order valence-electron chi connectivity index (χ3n) is 2.52. The molecule has 2 amide bonds. The van der Waals surface area contributed by atoms with Crippen molar-refractivity contribution in [3.8, 4) is 5.75 Å². The highest BCUT2D eigenvalue weighted by atomic mass is 16.5. The molecule has 2 aromatic rings. The first kappa shape index (κ1) is 14.3. The smallest absolute Gasteiger partial charge is 0.335 e. The summed E-state index contributed by atoms with van der Waals surface area (Å²) in [6, 6.07) is 3.08. The molecule has 1 heterocycles. The highest BCUT2D eigenvalue weighted by Crippen LogP contribution is 2.24. The van der Waals surface area contributed by atoms with Gasteiger partial charge in [-0.25, -0.2) is 9.59 Å². The van der Waals surface area contributed by atoms with Crippen LogP contribution in [0.1, 0.15) is 16.2 Å². The molecule has 0 aliphatic rings. The Balaban J connectivity index is 1.86. The maximum absolute atomic E-state index is 11.6. The zero-order valence-corrected chi connectivity index (χ0v) is 10.7. The predicted molar refractivity (Wildman–Crippen MR) is 70.1 cm³/mol. The van der Waals surface area contributed by atoms with Crippen molar-refractivity contribution in [1.29, 1.82) is 0 Å². The van der Waals surface area contributed by atoms with Gasteiger partial charge in [0, 0.05) is 13.0 Å². The Hall–Kier alpha value is -3.10. The lowest BCUT2D eigenvalue weighted by Gasteiger charge is -2.08. The Morgan fingerprint density at radius 3 is 2.76 bits per heavy atom. The molecule has 9 nitrogen and oxygen atoms in total. The second-order valence-electron chi connectivity index (χ2n) is 4.00. The number of carbonyl (C=O) groups is 2. The van der Waals surface area contributed by atoms with Gasteiger partial charge in [0.25, 0.3) is 0 Å². The molecule has 21 heavy (non-hydrogen) atoms. The van der Waals surface area contributed by atoms with Gasteiger partial charge in [-0.2, -0.15) is 4.98 Å². The summed E-state index contributed by atoms with van der Waals surface area (Å²) in [6.45, 7) is 0.266. The van der Waals surface area contributed by atoms with E-state index in [0.717, 1.165) is 6.07 Å². The highest BCUT2D eigenvalue weighted by molar-refractivity contribution is 5.93. The van der Waals surface area contributed by atoms with E-state index in [1.807, 2.05) is 0 Å². The maximum atomic E-state index is 11.6. The van der Waals surface area contributed by atoms with Crippen molar-refractivity contribution in [2.24, 2.45) is 0 Å². The van der Waals surface area contributed by atoms with E-state index in [4.69, 9.17) is 9.63 Å². The molecule has 0 fully saturated rings. The normalized spacial score (nSPS) is 10.1. The van der Waals surface area contributed by atoms with E-state index >= 15 is 0 Å². The van der Waals surface area contributed by atoms with Crippen molar-refractivity contribution in [3.63, 3.8) is 0 Å². The van der Waals surface area contributed by atoms with Gasteiger partial charge in [0.1, 0.15) is 5.75 Å². The van der Waals surface area contributed by atoms with Crippen LogP contribution < -0.4 is 10.6 Å². The van der Waals surface area contributed by atoms with Crippen LogP contribution in [0.25, 0.3) is 0 Å². The van der Waals surface area contributed by atoms with E-state index in [1.165, 1.54) is 18.5 Å². The molecule has 0 aliphatic heterocycles. The highest BCUT2D eigenvalue weighted by Gasteiger charge is 2.10. The molecule has 110 valence electrons. The monoisotopic (exact) mass is 292 g/mol. The van der Waals surface area contributed by atoms with Crippen LogP contribution in [-0.4, -0.2) is 38.9 Å². The fraction of sp³-hybridized carbons (Fsp3) is 0.167. The van der Waals surface area contributed by atoms with E-state index in [1.54, 1.807) is 0 Å². The molecule has 0 aliphatic carbocycles. The molecule has 0 radical (unpaired) electrons. The number of hydrogen-bond acceptors (Lipinski definition) is 6. The average molecular weight is 292 g/mol. The van der Waals surface area contributed by atoms with Gasteiger partial charge >= 0.3 is 12.0 Å². The van der Waals surface area contributed by atoms with Crippen molar-refractivity contribution in [1.82, 2.24) is 15.5 Å². The van der Waals surface area contributed by atoms with Gasteiger partial charge in [-0.05, 0) is 18.2 Å². The fourth-order valence-electron chi connectivity index (χ4n) is 1.53. The third-order valence-corrected chi connectivity index (χ3v) is 2.52. The second kappa shape index (κ2) is 6.37. The number of benzene rings is 1. The summed E-state index contributed by atoms with van der Waals surface area (Å²) in [4.78, 5) is 26.1. The van der Waals surface area contributed by atoms with Crippen LogP contribution in [0.15, 0.2) is 29.0 Å². The van der Waals surface area contributed by atoms with Crippen molar-refractivity contribution in [2.45, 2.75) is 6.42 Å². The lowest BCUT2D eigenvalue weighted by atomic mass is 10.2. The van der Waals surface area contributed by atoms with Crippen molar-refractivity contribution in [3.05, 3.63) is 36.0 Å². The molecule has 0 bridgehead atoms. The van der Waals surface area contributed by atoms with Gasteiger partial charge < -0.3 is 25.4 Å². The molecule has 4 N–H and O–H groups in total. The number of nitrogens with zero attached hydrogens (tertiary/aromatic N) is 2. The fourth-order valence-corrected chi connectivity index (χ4v) is 1.53. The molecule has 0 saturated heterocycles. The van der Waals surface area contributed by atoms with Crippen molar-refractivity contribution >= 4 is 17.7 Å². The van der Waals surface area contributed by atoms with Crippen LogP contribution in [0.4, 0.5) is 10.5 Å². The Labute approximate surface area is 118 Å². The number of anilines is 1. The van der Waals surface area contributed by atoms with Crippen LogP contribution in [0.2, 0.25) is 0 Å². The number of rotatable bonds is 5. The van der Waals surface area contributed by atoms with E-state index < -0.39 is 12.0 Å². The number of carbonyl (C=O) groups excluding carboxylic acids is 1. The Bertz CT molecular complexity index is 641. The van der Waals surface area contributed by atoms with Crippen LogP contribution in [-0.2, 0) is 6.42 Å². The number of phenolic OH excluding ortho intramolecular Hbond substituents is 1. The molecule has 0 saturated carbocycles. The number of aromatic nitrogens is 2. The summed E-state index contributed by atoms with van der Waals surface area (Å²) in [7, 11) is 0. The molecule has 9 heteroatoms. The minimum absolute atomic E-state index is 0.0742. The summed E-state index contributed by atoms with van der Waals surface area (Å²) in [5, 5.41) is 26.7. The molecular formula is C12H12N4O5. The van der Waals surface area contributed by atoms with Crippen LogP contribution >= 0.6 is 0 Å². The number of aromatic carboxylic acids is 1. The summed E-state index contributed by atoms with van der Waals surface area (Å²) in [6.07, 6.45) is 1.63. The number of carboxylic acids is 1. The van der Waals surface area contributed by atoms with Crippen LogP contribution in [0.5, 0.6) is 5.75 Å². The van der Waals surface area contributed by atoms with E-state index in [9.17, 15) is 14.7 Å². The topological polar surface area (TPSA) is 138 Å². The number of amides is 2. The van der Waals surface area contributed by atoms with Gasteiger partial charge in [0.15, 0.2) is 6.33 Å². The minimum Gasteiger partial charge on any atom is -0.506 e. The predicted octanol–water partition coefficient (Wildman–Crippen LogP) is 0.838. The van der Waals surface area contributed by atoms with Crippen molar-refractivity contribution in [2.75, 3.05) is 11.9 Å². The Kier molecular flexibility index (Phi) is 4.34. The Morgan fingerprint density at radius 2 is 2.14 bits per heavy atom. The van der Waals surface area contributed by atoms with Crippen LogP contribution in [0, 0.1) is 0 Å². The number of urea groups is 1. The number of carboxylic acid groups (broad SMARTS) is 1. The number of hydrogen-bond donors (Lipinski definition) is 4. The number of aromatic hydroxyl groups is 1. The van der Waals surface area contributed by atoms with Gasteiger partial charge in [-0.3, -0.25) is 0 Å². The lowest BCUT2D eigenvalue weighted by Crippen LogP contribution is -2.30. The molecule has 1 aromatic heterocycles. The molecule has 0 spiro atoms. The van der Waals surface area contributed by atoms with Crippen LogP contribution in [0.3, 0.4) is 0 Å². The molecular weight excluding hydrogens is 280 g/mol. The molecule has 0 atom stereocenters. The summed E-state index contributed by atoms with van der Waals surface area (Å²) in [5.74, 6) is -1.10. The largest absolute Gasteiger partial charge is 0.506 e. The minimum atomic E-state index is -1.17. The summed E-state index contributed by atoms with van der Waals surface area (Å²) >= 11 is 0. The first-order valence-corrected chi connectivity index (χ1v) is 5.93. The maximum Gasteiger partial charge on any atom is 0.335 e. The standard InChI is InChI=1S/C12H12N4O5/c17-9-5-7(11(18)19)1-2-8(9)16-12(20)13-4-3-10-14-6-15-21-10/h1-2,5-6,17H,3-4H2,(H,18,19)(H2,13,16,20). The zero-order chi connectivity index (χ0) is 15.2. The summed E-state index contributed by atoms with van der Waals surface area (Å²) in [5.41, 5.74) is 0.0325. The zero-order valence-electron chi connectivity index (χ0n) is 10.7. The first-order chi connectivity index (χ1) is 10.1. The second-order valence-corrected chi connectivity index (χ2v) is 4.00. The summed E-state index contributed by atoms with van der Waals surface area (Å²) < 4.78 is 4.76. The van der Waals surface area contributed by atoms with Crippen molar-refractivity contribution < 1.29 is 24.3 Å². The molecule has 0 unspecified atom stereocenters. The third kappa shape index (κ3) is 3.93. The quantitative estimate of drug-likeness (QED) is 0.599. The first-order valence-electron chi connectivity index (χ1n) is 5.93. The van der Waals surface area contributed by atoms with Gasteiger partial charge in [0.05, 0.1) is 11.3 Å². The van der Waals surface area contributed by atoms with Gasteiger partial charge in [0.2, 0.25) is 5.89 Å². The SMILES string of the molecule is O=C(NCCc1ncno1)Nc1ccc(C(=O)O)cc1O. The van der Waals surface area contributed by atoms with E-state index in [-0.39, 0.29) is 23.5 Å². The Morgan fingerprint density at radius 1 is 1.33 bits per heavy atom. The lowest BCUT2D eigenvalue weighted by molar-refractivity contribution is 0.0696. The number of nitrogens with one attached hydrogen (secondary N) is 2. The van der Waals surface area contributed by atoms with E-state index in [2.05, 4.69) is 20.8 Å². The molecule has 2 rings (SSSR count). The molecule has 1 aromatic carbocycles. The van der Waals surface area contributed by atoms with Gasteiger partial charge in [-0.15, -0.1) is 0 Å². The van der Waals surface area contributed by atoms with E-state index in [0.29, 0.717) is 12.3 Å².